The first kappa shape index (κ1) is 13.5. The van der Waals surface area contributed by atoms with Crippen molar-refractivity contribution in [2.75, 3.05) is 6.54 Å². The number of nitrogens with one attached hydrogen (secondary N) is 1. The van der Waals surface area contributed by atoms with Gasteiger partial charge in [-0.25, -0.2) is 0 Å². The predicted octanol–water partition coefficient (Wildman–Crippen LogP) is 3.92. The zero-order valence-corrected chi connectivity index (χ0v) is 13.4. The van der Waals surface area contributed by atoms with Crippen molar-refractivity contribution in [3.05, 3.63) is 32.7 Å². The highest BCUT2D eigenvalue weighted by Gasteiger charge is 2.19. The summed E-state index contributed by atoms with van der Waals surface area (Å²) >= 11 is 11.1. The molecule has 0 unspecified atom stereocenters. The van der Waals surface area contributed by atoms with Crippen molar-refractivity contribution >= 4 is 38.9 Å². The molecule has 0 bridgehead atoms. The minimum absolute atomic E-state index is 0.710. The van der Waals surface area contributed by atoms with Gasteiger partial charge in [-0.05, 0) is 40.9 Å². The molecule has 1 aromatic carbocycles. The molecular formula is C13H13BrClN3S. The molecule has 100 valence electrons. The van der Waals surface area contributed by atoms with Gasteiger partial charge in [-0.15, -0.1) is 10.2 Å². The minimum Gasteiger partial charge on any atom is -0.314 e. The molecule has 0 radical (unpaired) electrons. The molecule has 0 amide bonds. The van der Waals surface area contributed by atoms with E-state index in [4.69, 9.17) is 11.6 Å². The molecule has 3 nitrogen and oxygen atoms in total. The maximum atomic E-state index is 5.99. The molecule has 1 aliphatic carbocycles. The van der Waals surface area contributed by atoms with Gasteiger partial charge in [0.2, 0.25) is 0 Å². The van der Waals surface area contributed by atoms with Gasteiger partial charge in [0.15, 0.2) is 0 Å². The first-order valence-corrected chi connectivity index (χ1v) is 8.22. The van der Waals surface area contributed by atoms with Crippen molar-refractivity contribution in [1.29, 1.82) is 0 Å². The summed E-state index contributed by atoms with van der Waals surface area (Å²) in [6, 6.07) is 6.57. The minimum atomic E-state index is 0.710. The topological polar surface area (TPSA) is 37.8 Å². The summed E-state index contributed by atoms with van der Waals surface area (Å²) in [5.41, 5.74) is 1.05. The van der Waals surface area contributed by atoms with Crippen LogP contribution in [0, 0.1) is 0 Å². The number of hydrogen-bond acceptors (Lipinski definition) is 4. The number of nitrogens with zero attached hydrogens (tertiary/aromatic N) is 2. The number of aromatic nitrogens is 2. The van der Waals surface area contributed by atoms with Gasteiger partial charge in [0.1, 0.15) is 10.0 Å². The highest BCUT2D eigenvalue weighted by atomic mass is 79.9. The average Bonchev–Trinajstić information content (AvgIpc) is 3.10. The van der Waals surface area contributed by atoms with Crippen LogP contribution in [0.4, 0.5) is 0 Å². The Morgan fingerprint density at radius 1 is 1.37 bits per heavy atom. The Labute approximate surface area is 129 Å². The van der Waals surface area contributed by atoms with Gasteiger partial charge in [-0.1, -0.05) is 29.0 Å². The second-order valence-corrected chi connectivity index (χ2v) is 6.93. The van der Waals surface area contributed by atoms with E-state index in [-0.39, 0.29) is 0 Å². The Morgan fingerprint density at radius 3 is 2.95 bits per heavy atom. The van der Waals surface area contributed by atoms with Gasteiger partial charge in [0, 0.05) is 29.0 Å². The summed E-state index contributed by atoms with van der Waals surface area (Å²) in [5, 5.41) is 14.7. The van der Waals surface area contributed by atoms with Gasteiger partial charge < -0.3 is 5.32 Å². The number of hydrogen-bond donors (Lipinski definition) is 1. The zero-order chi connectivity index (χ0) is 13.2. The molecule has 1 aromatic heterocycles. The molecule has 0 atom stereocenters. The van der Waals surface area contributed by atoms with E-state index >= 15 is 0 Å². The van der Waals surface area contributed by atoms with Gasteiger partial charge in [0.05, 0.1) is 5.02 Å². The van der Waals surface area contributed by atoms with Gasteiger partial charge >= 0.3 is 0 Å². The van der Waals surface area contributed by atoms with Gasteiger partial charge in [0.25, 0.3) is 0 Å². The quantitative estimate of drug-likeness (QED) is 0.880. The van der Waals surface area contributed by atoms with Crippen LogP contribution in [-0.4, -0.2) is 22.8 Å². The summed E-state index contributed by atoms with van der Waals surface area (Å²) in [6.07, 6.45) is 3.59. The first-order chi connectivity index (χ1) is 9.22. The van der Waals surface area contributed by atoms with Crippen molar-refractivity contribution in [2.24, 2.45) is 0 Å². The molecule has 0 saturated heterocycles. The molecule has 6 heteroatoms. The third-order valence-electron chi connectivity index (χ3n) is 2.98. The molecule has 1 fully saturated rings. The smallest absolute Gasteiger partial charge is 0.147 e. The standard InChI is InChI=1S/C13H13BrClN3S/c14-10-7-8(1-4-11(10)15)13-18-17-12(19-13)5-6-16-9-2-3-9/h1,4,7,9,16H,2-3,5-6H2. The highest BCUT2D eigenvalue weighted by Crippen LogP contribution is 2.30. The molecule has 0 spiro atoms. The monoisotopic (exact) mass is 357 g/mol. The van der Waals surface area contributed by atoms with E-state index in [1.807, 2.05) is 18.2 Å². The molecular weight excluding hydrogens is 346 g/mol. The number of rotatable bonds is 5. The van der Waals surface area contributed by atoms with E-state index in [1.165, 1.54) is 12.8 Å². The number of benzene rings is 1. The Bertz CT molecular complexity index is 583. The van der Waals surface area contributed by atoms with E-state index in [0.29, 0.717) is 5.02 Å². The third-order valence-corrected chi connectivity index (χ3v) is 5.23. The molecule has 1 N–H and O–H groups in total. The SMILES string of the molecule is Clc1ccc(-c2nnc(CCNC3CC3)s2)cc1Br. The van der Waals surface area contributed by atoms with Crippen LogP contribution in [0.2, 0.25) is 5.02 Å². The van der Waals surface area contributed by atoms with Crippen molar-refractivity contribution in [3.8, 4) is 10.6 Å². The van der Waals surface area contributed by atoms with Gasteiger partial charge in [-0.2, -0.15) is 0 Å². The summed E-state index contributed by atoms with van der Waals surface area (Å²) < 4.78 is 0.888. The molecule has 3 rings (SSSR count). The fourth-order valence-corrected chi connectivity index (χ4v) is 3.10. The van der Waals surface area contributed by atoms with Crippen LogP contribution in [0.3, 0.4) is 0 Å². The van der Waals surface area contributed by atoms with Crippen molar-refractivity contribution in [1.82, 2.24) is 15.5 Å². The highest BCUT2D eigenvalue weighted by molar-refractivity contribution is 9.10. The van der Waals surface area contributed by atoms with Crippen molar-refractivity contribution in [3.63, 3.8) is 0 Å². The largest absolute Gasteiger partial charge is 0.314 e. The Hall–Kier alpha value is -0.490. The summed E-state index contributed by atoms with van der Waals surface area (Å²) in [4.78, 5) is 0. The van der Waals surface area contributed by atoms with Crippen molar-refractivity contribution in [2.45, 2.75) is 25.3 Å². The van der Waals surface area contributed by atoms with E-state index in [0.717, 1.165) is 39.1 Å². The van der Waals surface area contributed by atoms with Crippen molar-refractivity contribution < 1.29 is 0 Å². The molecule has 2 aromatic rings. The summed E-state index contributed by atoms with van der Waals surface area (Å²) in [7, 11) is 0. The fraction of sp³-hybridized carbons (Fsp3) is 0.385. The predicted molar refractivity (Wildman–Crippen MR) is 82.8 cm³/mol. The first-order valence-electron chi connectivity index (χ1n) is 6.23. The molecule has 0 aliphatic heterocycles. The lowest BCUT2D eigenvalue weighted by Crippen LogP contribution is -2.19. The molecule has 19 heavy (non-hydrogen) atoms. The van der Waals surface area contributed by atoms with E-state index in [2.05, 4.69) is 31.4 Å². The van der Waals surface area contributed by atoms with Crippen LogP contribution in [0.25, 0.3) is 10.6 Å². The second-order valence-electron chi connectivity index (χ2n) is 4.61. The Kier molecular flexibility index (Phi) is 4.17. The van der Waals surface area contributed by atoms with Crippen LogP contribution < -0.4 is 5.32 Å². The second kappa shape index (κ2) is 5.87. The lowest BCUT2D eigenvalue weighted by atomic mass is 10.2. The average molecular weight is 359 g/mol. The molecule has 1 aliphatic rings. The molecule has 1 heterocycles. The van der Waals surface area contributed by atoms with E-state index < -0.39 is 0 Å². The fourth-order valence-electron chi connectivity index (χ4n) is 1.77. The normalized spacial score (nSPS) is 14.8. The maximum absolute atomic E-state index is 5.99. The lowest BCUT2D eigenvalue weighted by molar-refractivity contribution is 0.677. The van der Waals surface area contributed by atoms with Gasteiger partial charge in [-0.3, -0.25) is 0 Å². The van der Waals surface area contributed by atoms with E-state index in [9.17, 15) is 0 Å². The van der Waals surface area contributed by atoms with E-state index in [1.54, 1.807) is 11.3 Å². The van der Waals surface area contributed by atoms with Crippen LogP contribution in [0.5, 0.6) is 0 Å². The zero-order valence-electron chi connectivity index (χ0n) is 10.2. The number of halogens is 2. The lowest BCUT2D eigenvalue weighted by Gasteiger charge is -1.99. The summed E-state index contributed by atoms with van der Waals surface area (Å²) in [5.74, 6) is 0. The van der Waals surface area contributed by atoms with Crippen LogP contribution in [-0.2, 0) is 6.42 Å². The van der Waals surface area contributed by atoms with Crippen LogP contribution in [0.15, 0.2) is 22.7 Å². The summed E-state index contributed by atoms with van der Waals surface area (Å²) in [6.45, 7) is 0.990. The maximum Gasteiger partial charge on any atom is 0.147 e. The Morgan fingerprint density at radius 2 is 2.21 bits per heavy atom. The van der Waals surface area contributed by atoms with Crippen LogP contribution in [0.1, 0.15) is 17.8 Å². The third kappa shape index (κ3) is 3.54. The van der Waals surface area contributed by atoms with Crippen LogP contribution >= 0.6 is 38.9 Å². The molecule has 1 saturated carbocycles. The Balaban J connectivity index is 1.67.